The van der Waals surface area contributed by atoms with Crippen LogP contribution >= 0.6 is 0 Å². The number of rotatable bonds is 7. The summed E-state index contributed by atoms with van der Waals surface area (Å²) in [5.41, 5.74) is 2.96. The monoisotopic (exact) mass is 262 g/mol. The smallest absolute Gasteiger partial charge is 0.251 e. The van der Waals surface area contributed by atoms with Crippen molar-refractivity contribution in [1.82, 2.24) is 5.32 Å². The van der Waals surface area contributed by atoms with Crippen molar-refractivity contribution in [2.45, 2.75) is 53.0 Å². The van der Waals surface area contributed by atoms with Gasteiger partial charge in [0.1, 0.15) is 0 Å². The Bertz CT molecular complexity index is 415. The van der Waals surface area contributed by atoms with Crippen molar-refractivity contribution in [1.29, 1.82) is 0 Å². The van der Waals surface area contributed by atoms with Crippen molar-refractivity contribution in [3.05, 3.63) is 29.3 Å². The van der Waals surface area contributed by atoms with E-state index >= 15 is 0 Å². The van der Waals surface area contributed by atoms with Gasteiger partial charge in [0.2, 0.25) is 0 Å². The Kier molecular flexibility index (Phi) is 6.40. The summed E-state index contributed by atoms with van der Waals surface area (Å²) in [5, 5.41) is 6.39. The molecule has 19 heavy (non-hydrogen) atoms. The Hall–Kier alpha value is -1.51. The molecule has 0 fully saturated rings. The third kappa shape index (κ3) is 4.93. The zero-order valence-corrected chi connectivity index (χ0v) is 12.5. The molecule has 1 aromatic rings. The number of benzene rings is 1. The summed E-state index contributed by atoms with van der Waals surface area (Å²) in [6.45, 7) is 9.30. The highest BCUT2D eigenvalue weighted by Gasteiger charge is 2.10. The zero-order chi connectivity index (χ0) is 14.3. The summed E-state index contributed by atoms with van der Waals surface area (Å²) in [7, 11) is 0. The molecule has 0 bridgehead atoms. The normalized spacial score (nSPS) is 12.0. The van der Waals surface area contributed by atoms with Crippen LogP contribution < -0.4 is 10.6 Å². The van der Waals surface area contributed by atoms with E-state index in [0.717, 1.165) is 42.6 Å². The van der Waals surface area contributed by atoms with Gasteiger partial charge in [0.15, 0.2) is 0 Å². The Labute approximate surface area is 116 Å². The molecular formula is C16H26N2O. The van der Waals surface area contributed by atoms with E-state index in [1.165, 1.54) is 0 Å². The maximum Gasteiger partial charge on any atom is 0.251 e. The minimum absolute atomic E-state index is 0.0195. The molecule has 3 nitrogen and oxygen atoms in total. The molecule has 1 atom stereocenters. The summed E-state index contributed by atoms with van der Waals surface area (Å²) in [4.78, 5) is 12.1. The predicted octanol–water partition coefficient (Wildman–Crippen LogP) is 3.74. The Balaban J connectivity index is 2.68. The molecule has 106 valence electrons. The number of aryl methyl sites for hydroxylation is 1. The highest BCUT2D eigenvalue weighted by atomic mass is 16.1. The molecule has 1 rings (SSSR count). The van der Waals surface area contributed by atoms with Gasteiger partial charge in [-0.15, -0.1) is 0 Å². The Morgan fingerprint density at radius 1 is 1.26 bits per heavy atom. The minimum atomic E-state index is 0.0195. The van der Waals surface area contributed by atoms with E-state index in [1.807, 2.05) is 32.0 Å². The molecule has 1 unspecified atom stereocenters. The minimum Gasteiger partial charge on any atom is -0.385 e. The third-order valence-corrected chi connectivity index (χ3v) is 3.15. The van der Waals surface area contributed by atoms with Crippen LogP contribution in [-0.4, -0.2) is 18.5 Å². The lowest BCUT2D eigenvalue weighted by Crippen LogP contribution is -2.32. The highest BCUT2D eigenvalue weighted by Crippen LogP contribution is 2.16. The molecular weight excluding hydrogens is 236 g/mol. The second-order valence-electron chi connectivity index (χ2n) is 5.12. The van der Waals surface area contributed by atoms with Crippen molar-refractivity contribution in [3.8, 4) is 0 Å². The van der Waals surface area contributed by atoms with Crippen LogP contribution in [0.4, 0.5) is 5.69 Å². The molecule has 1 amide bonds. The SMILES string of the molecule is CCCNc1ccc(C(=O)NC(C)CCC)cc1C. The van der Waals surface area contributed by atoms with E-state index in [1.54, 1.807) is 0 Å². The van der Waals surface area contributed by atoms with Gasteiger partial charge in [0.05, 0.1) is 0 Å². The van der Waals surface area contributed by atoms with Crippen LogP contribution in [0.25, 0.3) is 0 Å². The van der Waals surface area contributed by atoms with E-state index in [-0.39, 0.29) is 11.9 Å². The van der Waals surface area contributed by atoms with Crippen LogP contribution in [0.2, 0.25) is 0 Å². The zero-order valence-electron chi connectivity index (χ0n) is 12.5. The summed E-state index contributed by atoms with van der Waals surface area (Å²) >= 11 is 0. The van der Waals surface area contributed by atoms with Gasteiger partial charge < -0.3 is 10.6 Å². The van der Waals surface area contributed by atoms with Gasteiger partial charge in [-0.05, 0) is 50.5 Å². The van der Waals surface area contributed by atoms with Gasteiger partial charge in [-0.3, -0.25) is 4.79 Å². The summed E-state index contributed by atoms with van der Waals surface area (Å²) in [6.07, 6.45) is 3.19. The molecule has 0 heterocycles. The first-order valence-corrected chi connectivity index (χ1v) is 7.23. The molecule has 0 saturated heterocycles. The van der Waals surface area contributed by atoms with Gasteiger partial charge in [-0.25, -0.2) is 0 Å². The van der Waals surface area contributed by atoms with Crippen molar-refractivity contribution in [2.75, 3.05) is 11.9 Å². The standard InChI is InChI=1S/C16H26N2O/c1-5-7-13(4)18-16(19)14-8-9-15(12(3)11-14)17-10-6-2/h8-9,11,13,17H,5-7,10H2,1-4H3,(H,18,19). The molecule has 0 radical (unpaired) electrons. The van der Waals surface area contributed by atoms with Crippen molar-refractivity contribution >= 4 is 11.6 Å². The maximum absolute atomic E-state index is 12.1. The molecule has 1 aromatic carbocycles. The number of carbonyl (C=O) groups excluding carboxylic acids is 1. The lowest BCUT2D eigenvalue weighted by molar-refractivity contribution is 0.0938. The van der Waals surface area contributed by atoms with E-state index in [4.69, 9.17) is 0 Å². The van der Waals surface area contributed by atoms with Crippen LogP contribution in [0.3, 0.4) is 0 Å². The maximum atomic E-state index is 12.1. The topological polar surface area (TPSA) is 41.1 Å². The molecule has 0 aliphatic carbocycles. The second kappa shape index (κ2) is 7.82. The number of hydrogen-bond donors (Lipinski definition) is 2. The first kappa shape index (κ1) is 15.5. The summed E-state index contributed by atoms with van der Waals surface area (Å²) in [5.74, 6) is 0.0195. The van der Waals surface area contributed by atoms with E-state index in [0.29, 0.717) is 0 Å². The second-order valence-corrected chi connectivity index (χ2v) is 5.12. The largest absolute Gasteiger partial charge is 0.385 e. The quantitative estimate of drug-likeness (QED) is 0.786. The fourth-order valence-electron chi connectivity index (χ4n) is 2.08. The van der Waals surface area contributed by atoms with Crippen LogP contribution in [0.1, 0.15) is 56.0 Å². The third-order valence-electron chi connectivity index (χ3n) is 3.15. The lowest BCUT2D eigenvalue weighted by atomic mass is 10.1. The van der Waals surface area contributed by atoms with Crippen LogP contribution in [0.15, 0.2) is 18.2 Å². The van der Waals surface area contributed by atoms with Crippen LogP contribution in [0, 0.1) is 6.92 Å². The van der Waals surface area contributed by atoms with Crippen LogP contribution in [-0.2, 0) is 0 Å². The summed E-state index contributed by atoms with van der Waals surface area (Å²) in [6, 6.07) is 6.06. The van der Waals surface area contributed by atoms with Crippen LogP contribution in [0.5, 0.6) is 0 Å². The molecule has 0 aliphatic rings. The first-order chi connectivity index (χ1) is 9.08. The summed E-state index contributed by atoms with van der Waals surface area (Å²) < 4.78 is 0. The average molecular weight is 262 g/mol. The van der Waals surface area contributed by atoms with E-state index in [9.17, 15) is 4.79 Å². The number of amides is 1. The number of nitrogens with one attached hydrogen (secondary N) is 2. The predicted molar refractivity (Wildman–Crippen MR) is 81.8 cm³/mol. The van der Waals surface area contributed by atoms with Crippen molar-refractivity contribution < 1.29 is 4.79 Å². The number of anilines is 1. The highest BCUT2D eigenvalue weighted by molar-refractivity contribution is 5.95. The fraction of sp³-hybridized carbons (Fsp3) is 0.562. The number of hydrogen-bond acceptors (Lipinski definition) is 2. The first-order valence-electron chi connectivity index (χ1n) is 7.23. The van der Waals surface area contributed by atoms with Gasteiger partial charge in [-0.2, -0.15) is 0 Å². The Morgan fingerprint density at radius 3 is 2.58 bits per heavy atom. The Morgan fingerprint density at radius 2 is 2.00 bits per heavy atom. The average Bonchev–Trinajstić information content (AvgIpc) is 2.37. The molecule has 2 N–H and O–H groups in total. The molecule has 3 heteroatoms. The van der Waals surface area contributed by atoms with Gasteiger partial charge >= 0.3 is 0 Å². The van der Waals surface area contributed by atoms with E-state index in [2.05, 4.69) is 24.5 Å². The molecule has 0 aliphatic heterocycles. The van der Waals surface area contributed by atoms with Crippen molar-refractivity contribution in [3.63, 3.8) is 0 Å². The van der Waals surface area contributed by atoms with Gasteiger partial charge in [0.25, 0.3) is 5.91 Å². The van der Waals surface area contributed by atoms with Gasteiger partial charge in [-0.1, -0.05) is 20.3 Å². The van der Waals surface area contributed by atoms with Crippen molar-refractivity contribution in [2.24, 2.45) is 0 Å². The van der Waals surface area contributed by atoms with E-state index < -0.39 is 0 Å². The number of carbonyl (C=O) groups is 1. The fourth-order valence-corrected chi connectivity index (χ4v) is 2.08. The molecule has 0 spiro atoms. The molecule has 0 aromatic heterocycles. The lowest BCUT2D eigenvalue weighted by Gasteiger charge is -2.14. The molecule has 0 saturated carbocycles. The van der Waals surface area contributed by atoms with Gasteiger partial charge in [0, 0.05) is 23.8 Å².